The molecule has 1 rings (SSSR count). The molecule has 0 heterocycles. The Kier molecular flexibility index (Phi) is 14.0. The van der Waals surface area contributed by atoms with Gasteiger partial charge in [-0.05, 0) is 31.4 Å². The number of carbonyl (C=O) groups is 1. The van der Waals surface area contributed by atoms with Gasteiger partial charge in [0.15, 0.2) is 0 Å². The van der Waals surface area contributed by atoms with Crippen LogP contribution in [0.15, 0.2) is 24.3 Å². The number of rotatable bonds is 16. The van der Waals surface area contributed by atoms with Crippen LogP contribution < -0.4 is 5.32 Å². The number of thiol groups is 1. The Morgan fingerprint density at radius 2 is 1.48 bits per heavy atom. The molecule has 0 spiro atoms. The summed E-state index contributed by atoms with van der Waals surface area (Å²) < 4.78 is 0. The molecule has 1 amide bonds. The Bertz CT molecular complexity index is 507. The minimum absolute atomic E-state index is 0.0306. The zero-order chi connectivity index (χ0) is 19.7. The number of aromatic hydroxyl groups is 1. The summed E-state index contributed by atoms with van der Waals surface area (Å²) in [5, 5.41) is 13.0. The monoisotopic (exact) mass is 393 g/mol. The lowest BCUT2D eigenvalue weighted by atomic mass is 10.0. The Morgan fingerprint density at radius 1 is 0.926 bits per heavy atom. The molecule has 0 bridgehead atoms. The second-order valence-corrected chi connectivity index (χ2v) is 8.27. The number of phenolic OH excluding ortho intramolecular Hbond substituents is 1. The summed E-state index contributed by atoms with van der Waals surface area (Å²) in [4.78, 5) is 12.0. The summed E-state index contributed by atoms with van der Waals surface area (Å²) in [6.45, 7) is 2.89. The molecule has 1 aromatic rings. The van der Waals surface area contributed by atoms with Crippen LogP contribution in [-0.2, 0) is 0 Å². The molecule has 0 saturated carbocycles. The molecule has 154 valence electrons. The summed E-state index contributed by atoms with van der Waals surface area (Å²) >= 11 is 4.68. The zero-order valence-corrected chi connectivity index (χ0v) is 18.0. The molecule has 0 saturated heterocycles. The first-order valence-corrected chi connectivity index (χ1v) is 11.4. The van der Waals surface area contributed by atoms with Gasteiger partial charge in [0.25, 0.3) is 5.91 Å². The second kappa shape index (κ2) is 15.9. The van der Waals surface area contributed by atoms with Gasteiger partial charge in [-0.3, -0.25) is 4.79 Å². The van der Waals surface area contributed by atoms with Crippen LogP contribution in [0.2, 0.25) is 0 Å². The highest BCUT2D eigenvalue weighted by Gasteiger charge is 2.09. The summed E-state index contributed by atoms with van der Waals surface area (Å²) in [7, 11) is 0. The van der Waals surface area contributed by atoms with Crippen LogP contribution in [0.5, 0.6) is 5.75 Å². The number of amides is 1. The van der Waals surface area contributed by atoms with E-state index in [9.17, 15) is 9.90 Å². The Balaban J connectivity index is 1.93. The molecule has 0 aliphatic rings. The largest absolute Gasteiger partial charge is 0.507 e. The Labute approximate surface area is 171 Å². The number of hydrogen-bond donors (Lipinski definition) is 3. The van der Waals surface area contributed by atoms with Gasteiger partial charge in [0.05, 0.1) is 5.56 Å². The fourth-order valence-electron chi connectivity index (χ4n) is 3.31. The summed E-state index contributed by atoms with van der Waals surface area (Å²) in [5.41, 5.74) is 0.338. The number of para-hydroxylation sites is 1. The van der Waals surface area contributed by atoms with Crippen molar-refractivity contribution in [1.29, 1.82) is 0 Å². The maximum absolute atomic E-state index is 12.0. The van der Waals surface area contributed by atoms with E-state index >= 15 is 0 Å². The van der Waals surface area contributed by atoms with Crippen LogP contribution in [-0.4, -0.2) is 22.8 Å². The smallest absolute Gasteiger partial charge is 0.255 e. The maximum Gasteiger partial charge on any atom is 0.255 e. The van der Waals surface area contributed by atoms with Gasteiger partial charge in [0, 0.05) is 11.8 Å². The van der Waals surface area contributed by atoms with Crippen molar-refractivity contribution in [3.63, 3.8) is 0 Å². The molecule has 0 fully saturated rings. The SMILES string of the molecule is CCCCCCCCCCCCC(S)CCCNC(=O)c1ccccc1O. The van der Waals surface area contributed by atoms with E-state index in [-0.39, 0.29) is 11.7 Å². The third-order valence-electron chi connectivity index (χ3n) is 5.04. The third kappa shape index (κ3) is 12.0. The first-order valence-electron chi connectivity index (χ1n) is 10.9. The van der Waals surface area contributed by atoms with Crippen LogP contribution in [0.1, 0.15) is 101 Å². The molecule has 4 heteroatoms. The van der Waals surface area contributed by atoms with E-state index < -0.39 is 0 Å². The summed E-state index contributed by atoms with van der Waals surface area (Å²) in [6.07, 6.45) is 16.7. The minimum Gasteiger partial charge on any atom is -0.507 e. The third-order valence-corrected chi connectivity index (χ3v) is 5.56. The number of hydrogen-bond acceptors (Lipinski definition) is 3. The first-order chi connectivity index (χ1) is 13.1. The van der Waals surface area contributed by atoms with Gasteiger partial charge in [0.1, 0.15) is 5.75 Å². The van der Waals surface area contributed by atoms with Gasteiger partial charge in [-0.2, -0.15) is 12.6 Å². The zero-order valence-electron chi connectivity index (χ0n) is 17.1. The van der Waals surface area contributed by atoms with Gasteiger partial charge in [0.2, 0.25) is 0 Å². The van der Waals surface area contributed by atoms with Gasteiger partial charge in [-0.1, -0.05) is 83.3 Å². The van der Waals surface area contributed by atoms with Crippen molar-refractivity contribution in [1.82, 2.24) is 5.32 Å². The van der Waals surface area contributed by atoms with E-state index in [1.807, 2.05) is 0 Å². The van der Waals surface area contributed by atoms with Crippen LogP contribution >= 0.6 is 12.6 Å². The molecule has 0 aromatic heterocycles. The number of benzene rings is 1. The molecule has 0 radical (unpaired) electrons. The lowest BCUT2D eigenvalue weighted by Crippen LogP contribution is -2.25. The van der Waals surface area contributed by atoms with E-state index in [0.717, 1.165) is 19.3 Å². The van der Waals surface area contributed by atoms with E-state index in [4.69, 9.17) is 0 Å². The van der Waals surface area contributed by atoms with Crippen molar-refractivity contribution in [2.45, 2.75) is 95.6 Å². The van der Waals surface area contributed by atoms with Crippen LogP contribution in [0, 0.1) is 0 Å². The van der Waals surface area contributed by atoms with E-state index in [2.05, 4.69) is 24.9 Å². The average Bonchev–Trinajstić information content (AvgIpc) is 2.67. The fraction of sp³-hybridized carbons (Fsp3) is 0.696. The Morgan fingerprint density at radius 3 is 2.11 bits per heavy atom. The van der Waals surface area contributed by atoms with Gasteiger partial charge in [-0.15, -0.1) is 0 Å². The molecule has 27 heavy (non-hydrogen) atoms. The van der Waals surface area contributed by atoms with Crippen molar-refractivity contribution in [2.24, 2.45) is 0 Å². The maximum atomic E-state index is 12.0. The molecule has 1 aromatic carbocycles. The minimum atomic E-state index is -0.210. The molecule has 0 aliphatic carbocycles. The van der Waals surface area contributed by atoms with E-state index in [0.29, 0.717) is 17.4 Å². The van der Waals surface area contributed by atoms with Crippen molar-refractivity contribution >= 4 is 18.5 Å². The fourth-order valence-corrected chi connectivity index (χ4v) is 3.68. The molecular weight excluding hydrogens is 354 g/mol. The van der Waals surface area contributed by atoms with Crippen LogP contribution in [0.3, 0.4) is 0 Å². The summed E-state index contributed by atoms with van der Waals surface area (Å²) in [6, 6.07) is 6.64. The predicted octanol–water partition coefficient (Wildman–Crippen LogP) is 6.51. The normalized spacial score (nSPS) is 12.1. The molecular formula is C23H39NO2S. The predicted molar refractivity (Wildman–Crippen MR) is 119 cm³/mol. The topological polar surface area (TPSA) is 49.3 Å². The highest BCUT2D eigenvalue weighted by molar-refractivity contribution is 7.80. The first kappa shape index (κ1) is 23.9. The van der Waals surface area contributed by atoms with Crippen molar-refractivity contribution in [3.05, 3.63) is 29.8 Å². The highest BCUT2D eigenvalue weighted by atomic mass is 32.1. The van der Waals surface area contributed by atoms with Crippen molar-refractivity contribution in [2.75, 3.05) is 6.54 Å². The lowest BCUT2D eigenvalue weighted by molar-refractivity contribution is 0.0950. The van der Waals surface area contributed by atoms with Gasteiger partial charge < -0.3 is 10.4 Å². The quantitative estimate of drug-likeness (QED) is 0.221. The molecule has 2 N–H and O–H groups in total. The number of phenols is 1. The van der Waals surface area contributed by atoms with Crippen LogP contribution in [0.4, 0.5) is 0 Å². The average molecular weight is 394 g/mol. The highest BCUT2D eigenvalue weighted by Crippen LogP contribution is 2.17. The standard InChI is InChI=1S/C23H39NO2S/c1-2-3-4-5-6-7-8-9-10-11-15-20(27)16-14-19-24-23(26)21-17-12-13-18-22(21)25/h12-13,17-18,20,25,27H,2-11,14-16,19H2,1H3,(H,24,26). The number of unbranched alkanes of at least 4 members (excludes halogenated alkanes) is 9. The summed E-state index contributed by atoms with van der Waals surface area (Å²) in [5.74, 6) is -0.179. The lowest BCUT2D eigenvalue weighted by Gasteiger charge is -2.11. The number of carbonyl (C=O) groups excluding carboxylic acids is 1. The van der Waals surface area contributed by atoms with Crippen LogP contribution in [0.25, 0.3) is 0 Å². The molecule has 3 nitrogen and oxygen atoms in total. The molecule has 1 unspecified atom stereocenters. The van der Waals surface area contributed by atoms with Crippen molar-refractivity contribution < 1.29 is 9.90 Å². The Hall–Kier alpha value is -1.16. The second-order valence-electron chi connectivity index (χ2n) is 7.54. The molecule has 0 aliphatic heterocycles. The van der Waals surface area contributed by atoms with E-state index in [1.165, 1.54) is 70.3 Å². The van der Waals surface area contributed by atoms with E-state index in [1.54, 1.807) is 18.2 Å². The number of nitrogens with one attached hydrogen (secondary N) is 1. The van der Waals surface area contributed by atoms with Gasteiger partial charge in [-0.25, -0.2) is 0 Å². The molecule has 1 atom stereocenters. The van der Waals surface area contributed by atoms with Gasteiger partial charge >= 0.3 is 0 Å². The van der Waals surface area contributed by atoms with Crippen molar-refractivity contribution in [3.8, 4) is 5.75 Å².